The maximum absolute atomic E-state index is 3.84. The van der Waals surface area contributed by atoms with Crippen molar-refractivity contribution in [2.75, 3.05) is 5.32 Å². The molecule has 4 heteroatoms. The van der Waals surface area contributed by atoms with E-state index in [9.17, 15) is 0 Å². The number of anilines is 1. The van der Waals surface area contributed by atoms with E-state index in [1.807, 2.05) is 0 Å². The zero-order chi connectivity index (χ0) is 12.3. The summed E-state index contributed by atoms with van der Waals surface area (Å²) in [5.74, 6) is 0.581. The van der Waals surface area contributed by atoms with Crippen LogP contribution >= 0.6 is 11.5 Å². The summed E-state index contributed by atoms with van der Waals surface area (Å²) in [5.41, 5.74) is 2.66. The molecule has 17 heavy (non-hydrogen) atoms. The molecule has 0 bridgehead atoms. The number of hydrogen-bond acceptors (Lipinski definition) is 4. The molecule has 0 fully saturated rings. The molecule has 1 unspecified atom stereocenters. The van der Waals surface area contributed by atoms with Gasteiger partial charge in [-0.2, -0.15) is 0 Å². The van der Waals surface area contributed by atoms with Gasteiger partial charge in [-0.15, -0.1) is 5.10 Å². The van der Waals surface area contributed by atoms with E-state index in [1.54, 1.807) is 6.20 Å². The second-order valence-electron chi connectivity index (χ2n) is 4.47. The molecule has 1 aromatic heterocycles. The third-order valence-electron chi connectivity index (χ3n) is 2.82. The second-order valence-corrected chi connectivity index (χ2v) is 5.25. The molecule has 0 aliphatic carbocycles. The maximum atomic E-state index is 3.84. The number of nitrogens with one attached hydrogen (secondary N) is 1. The predicted molar refractivity (Wildman–Crippen MR) is 72.5 cm³/mol. The number of hydrogen-bond donors (Lipinski definition) is 1. The fraction of sp³-hybridized carbons (Fsp3) is 0.385. The summed E-state index contributed by atoms with van der Waals surface area (Å²) >= 11 is 1.38. The summed E-state index contributed by atoms with van der Waals surface area (Å²) in [7, 11) is 0. The third kappa shape index (κ3) is 3.03. The highest BCUT2D eigenvalue weighted by atomic mass is 32.1. The molecule has 0 amide bonds. The summed E-state index contributed by atoms with van der Waals surface area (Å²) in [5, 5.41) is 8.20. The van der Waals surface area contributed by atoms with Crippen LogP contribution in [0.25, 0.3) is 0 Å². The fourth-order valence-corrected chi connectivity index (χ4v) is 2.20. The number of benzene rings is 1. The van der Waals surface area contributed by atoms with E-state index in [2.05, 4.69) is 59.9 Å². The summed E-state index contributed by atoms with van der Waals surface area (Å²) < 4.78 is 3.84. The molecule has 0 radical (unpaired) electrons. The van der Waals surface area contributed by atoms with Gasteiger partial charge in [0, 0.05) is 17.6 Å². The van der Waals surface area contributed by atoms with Gasteiger partial charge in [-0.25, -0.2) is 0 Å². The van der Waals surface area contributed by atoms with Gasteiger partial charge in [0.25, 0.3) is 0 Å². The number of nitrogens with zero attached hydrogens (tertiary/aromatic N) is 2. The van der Waals surface area contributed by atoms with E-state index in [0.717, 1.165) is 5.00 Å². The average Bonchev–Trinajstić information content (AvgIpc) is 2.82. The highest BCUT2D eigenvalue weighted by Gasteiger charge is 2.07. The van der Waals surface area contributed by atoms with Gasteiger partial charge in [-0.3, -0.25) is 0 Å². The van der Waals surface area contributed by atoms with Crippen molar-refractivity contribution in [1.29, 1.82) is 0 Å². The Hall–Kier alpha value is -1.42. The van der Waals surface area contributed by atoms with Crippen LogP contribution in [0.1, 0.15) is 43.9 Å². The van der Waals surface area contributed by atoms with Gasteiger partial charge in [0.15, 0.2) is 0 Å². The molecule has 2 aromatic rings. The van der Waals surface area contributed by atoms with Gasteiger partial charge < -0.3 is 5.32 Å². The van der Waals surface area contributed by atoms with Crippen LogP contribution in [-0.4, -0.2) is 9.59 Å². The van der Waals surface area contributed by atoms with E-state index in [4.69, 9.17) is 0 Å². The monoisotopic (exact) mass is 247 g/mol. The molecular weight excluding hydrogens is 230 g/mol. The molecule has 1 aromatic carbocycles. The Bertz CT molecular complexity index is 448. The minimum atomic E-state index is 0.276. The first-order valence-electron chi connectivity index (χ1n) is 5.80. The molecule has 1 atom stereocenters. The Kier molecular flexibility index (Phi) is 3.74. The summed E-state index contributed by atoms with van der Waals surface area (Å²) in [6.07, 6.45) is 1.75. The topological polar surface area (TPSA) is 37.8 Å². The first kappa shape index (κ1) is 12.0. The van der Waals surface area contributed by atoms with Crippen molar-refractivity contribution in [3.63, 3.8) is 0 Å². The summed E-state index contributed by atoms with van der Waals surface area (Å²) in [6.45, 7) is 6.56. The second kappa shape index (κ2) is 5.27. The van der Waals surface area contributed by atoms with Gasteiger partial charge in [-0.1, -0.05) is 42.6 Å². The highest BCUT2D eigenvalue weighted by molar-refractivity contribution is 7.09. The molecule has 0 aliphatic rings. The summed E-state index contributed by atoms with van der Waals surface area (Å²) in [6, 6.07) is 9.04. The van der Waals surface area contributed by atoms with E-state index in [-0.39, 0.29) is 6.04 Å². The van der Waals surface area contributed by atoms with E-state index < -0.39 is 0 Å². The van der Waals surface area contributed by atoms with Crippen LogP contribution in [0.4, 0.5) is 5.00 Å². The van der Waals surface area contributed by atoms with Crippen LogP contribution in [0, 0.1) is 0 Å². The lowest BCUT2D eigenvalue weighted by Crippen LogP contribution is -2.05. The lowest BCUT2D eigenvalue weighted by atomic mass is 10.00. The van der Waals surface area contributed by atoms with Gasteiger partial charge >= 0.3 is 0 Å². The number of aromatic nitrogens is 2. The Labute approximate surface area is 106 Å². The molecule has 1 heterocycles. The molecule has 0 aliphatic heterocycles. The maximum Gasteiger partial charge on any atom is 0.130 e. The smallest absolute Gasteiger partial charge is 0.130 e. The molecule has 1 N–H and O–H groups in total. The first-order valence-corrected chi connectivity index (χ1v) is 6.58. The van der Waals surface area contributed by atoms with Crippen molar-refractivity contribution in [3.05, 3.63) is 41.6 Å². The number of rotatable bonds is 4. The predicted octanol–water partition coefficient (Wildman–Crippen LogP) is 3.83. The molecular formula is C13H17N3S. The van der Waals surface area contributed by atoms with Crippen molar-refractivity contribution in [2.24, 2.45) is 0 Å². The lowest BCUT2D eigenvalue weighted by molar-refractivity contribution is 0.853. The molecule has 0 spiro atoms. The SMILES string of the molecule is CC(C)c1ccc(C(C)Nc2cnns2)cc1. The minimum absolute atomic E-state index is 0.276. The van der Waals surface area contributed by atoms with Gasteiger partial charge in [-0.05, 0) is 24.0 Å². The Balaban J connectivity index is 2.06. The zero-order valence-electron chi connectivity index (χ0n) is 10.3. The fourth-order valence-electron chi connectivity index (χ4n) is 1.70. The Morgan fingerprint density at radius 1 is 1.06 bits per heavy atom. The quantitative estimate of drug-likeness (QED) is 0.892. The van der Waals surface area contributed by atoms with Crippen LogP contribution in [-0.2, 0) is 0 Å². The largest absolute Gasteiger partial charge is 0.368 e. The van der Waals surface area contributed by atoms with Crippen LogP contribution in [0.2, 0.25) is 0 Å². The van der Waals surface area contributed by atoms with E-state index in [0.29, 0.717) is 5.92 Å². The molecule has 0 saturated heterocycles. The van der Waals surface area contributed by atoms with Crippen molar-refractivity contribution in [3.8, 4) is 0 Å². The van der Waals surface area contributed by atoms with Crippen molar-refractivity contribution in [1.82, 2.24) is 9.59 Å². The molecule has 3 nitrogen and oxygen atoms in total. The van der Waals surface area contributed by atoms with E-state index >= 15 is 0 Å². The van der Waals surface area contributed by atoms with Crippen molar-refractivity contribution in [2.45, 2.75) is 32.7 Å². The van der Waals surface area contributed by atoms with Gasteiger partial charge in [0.2, 0.25) is 0 Å². The Morgan fingerprint density at radius 2 is 1.71 bits per heavy atom. The van der Waals surface area contributed by atoms with Crippen LogP contribution < -0.4 is 5.32 Å². The van der Waals surface area contributed by atoms with Gasteiger partial charge in [0.05, 0.1) is 6.20 Å². The first-order chi connectivity index (χ1) is 8.16. The Morgan fingerprint density at radius 3 is 2.24 bits per heavy atom. The van der Waals surface area contributed by atoms with Crippen LogP contribution in [0.5, 0.6) is 0 Å². The van der Waals surface area contributed by atoms with Crippen molar-refractivity contribution < 1.29 is 0 Å². The van der Waals surface area contributed by atoms with Crippen LogP contribution in [0.3, 0.4) is 0 Å². The van der Waals surface area contributed by atoms with Crippen LogP contribution in [0.15, 0.2) is 30.5 Å². The normalized spacial score (nSPS) is 12.7. The third-order valence-corrected chi connectivity index (χ3v) is 3.42. The minimum Gasteiger partial charge on any atom is -0.368 e. The van der Waals surface area contributed by atoms with E-state index in [1.165, 1.54) is 22.7 Å². The highest BCUT2D eigenvalue weighted by Crippen LogP contribution is 2.22. The van der Waals surface area contributed by atoms with Crippen molar-refractivity contribution >= 4 is 16.5 Å². The summed E-state index contributed by atoms with van der Waals surface area (Å²) in [4.78, 5) is 0. The molecule has 2 rings (SSSR count). The standard InChI is InChI=1S/C13H17N3S/c1-9(2)11-4-6-12(7-5-11)10(3)15-13-8-14-16-17-13/h4-10,15H,1-3H3. The zero-order valence-corrected chi connectivity index (χ0v) is 11.2. The van der Waals surface area contributed by atoms with Gasteiger partial charge in [0.1, 0.15) is 5.00 Å². The molecule has 0 saturated carbocycles. The molecule has 90 valence electrons. The lowest BCUT2D eigenvalue weighted by Gasteiger charge is -2.14. The average molecular weight is 247 g/mol.